The largest absolute Gasteiger partial charge is 0.428 e. The van der Waals surface area contributed by atoms with E-state index in [-0.39, 0.29) is 23.3 Å². The number of para-hydroxylation sites is 1. The number of fused-ring (bicyclic) bond motifs is 1. The average molecular weight is 349 g/mol. The normalized spacial score (nSPS) is 18.0. The number of rotatable bonds is 1. The minimum atomic E-state index is -0.659. The summed E-state index contributed by atoms with van der Waals surface area (Å²) in [5, 5.41) is 0.937. The van der Waals surface area contributed by atoms with E-state index in [0.717, 1.165) is 22.9 Å². The van der Waals surface area contributed by atoms with Crippen LogP contribution < -0.4 is 15.9 Å². The van der Waals surface area contributed by atoms with Crippen LogP contribution in [0.4, 0.5) is 0 Å². The summed E-state index contributed by atoms with van der Waals surface area (Å²) in [6.07, 6.45) is 0.752. The Hall–Kier alpha value is -3.15. The fraction of sp³-hybridized carbons (Fsp3) is 0.250. The highest BCUT2D eigenvalue weighted by Crippen LogP contribution is 2.37. The van der Waals surface area contributed by atoms with E-state index < -0.39 is 17.5 Å². The van der Waals surface area contributed by atoms with E-state index in [1.807, 2.05) is 18.2 Å². The topological polar surface area (TPSA) is 78.5 Å². The van der Waals surface area contributed by atoms with E-state index in [4.69, 9.17) is 9.15 Å². The quantitative estimate of drug-likeness (QED) is 0.630. The van der Waals surface area contributed by atoms with E-state index in [9.17, 15) is 14.4 Å². The number of nitrogens with zero attached hydrogens (tertiary/aromatic N) is 1. The molecule has 5 rings (SSSR count). The zero-order chi connectivity index (χ0) is 18.0. The summed E-state index contributed by atoms with van der Waals surface area (Å²) in [5.74, 6) is -0.564. The zero-order valence-corrected chi connectivity index (χ0v) is 14.1. The maximum atomic E-state index is 13.1. The van der Waals surface area contributed by atoms with Crippen LogP contribution in [-0.4, -0.2) is 10.5 Å². The summed E-state index contributed by atoms with van der Waals surface area (Å²) in [7, 11) is 0. The van der Waals surface area contributed by atoms with Crippen molar-refractivity contribution in [2.75, 3.05) is 0 Å². The predicted molar refractivity (Wildman–Crippen MR) is 93.7 cm³/mol. The lowest BCUT2D eigenvalue weighted by Crippen LogP contribution is -2.32. The Morgan fingerprint density at radius 3 is 2.85 bits per heavy atom. The first-order valence-electron chi connectivity index (χ1n) is 8.53. The number of esters is 1. The molecule has 0 fully saturated rings. The SMILES string of the molecule is Cc1cc2c(c(=O)o1)C(c1cc3cccc4c3n(c1=O)CC4)CC(=O)O2. The molecule has 3 aromatic rings. The lowest BCUT2D eigenvalue weighted by Gasteiger charge is -2.23. The van der Waals surface area contributed by atoms with Crippen molar-refractivity contribution in [3.05, 3.63) is 73.6 Å². The van der Waals surface area contributed by atoms with E-state index in [1.54, 1.807) is 17.6 Å². The molecular formula is C20H15NO5. The second-order valence-corrected chi connectivity index (χ2v) is 6.81. The Balaban J connectivity index is 1.81. The highest BCUT2D eigenvalue weighted by atomic mass is 16.5. The molecule has 2 aromatic heterocycles. The van der Waals surface area contributed by atoms with Crippen LogP contribution in [-0.2, 0) is 17.8 Å². The maximum Gasteiger partial charge on any atom is 0.343 e. The third-order valence-corrected chi connectivity index (χ3v) is 5.22. The van der Waals surface area contributed by atoms with Crippen molar-refractivity contribution < 1.29 is 13.9 Å². The predicted octanol–water partition coefficient (Wildman–Crippen LogP) is 2.26. The van der Waals surface area contributed by atoms with E-state index in [2.05, 4.69) is 0 Å². The Kier molecular flexibility index (Phi) is 3.01. The van der Waals surface area contributed by atoms with Crippen molar-refractivity contribution in [1.82, 2.24) is 4.57 Å². The Bertz CT molecular complexity index is 1220. The standard InChI is InChI=1S/C20H15NO5/c1-10-7-15-17(20(24)25-10)13(9-16(22)26-15)14-8-12-4-2-3-11-5-6-21(18(11)12)19(14)23/h2-4,7-8,13H,5-6,9H2,1H3. The second-order valence-electron chi connectivity index (χ2n) is 6.81. The Labute approximate surface area is 147 Å². The molecular weight excluding hydrogens is 334 g/mol. The smallest absolute Gasteiger partial charge is 0.343 e. The first-order valence-corrected chi connectivity index (χ1v) is 8.53. The molecule has 0 spiro atoms. The number of ether oxygens (including phenoxy) is 1. The summed E-state index contributed by atoms with van der Waals surface area (Å²) in [5.41, 5.74) is 2.04. The van der Waals surface area contributed by atoms with Gasteiger partial charge in [-0.05, 0) is 30.4 Å². The highest BCUT2D eigenvalue weighted by Gasteiger charge is 2.35. The summed E-state index contributed by atoms with van der Waals surface area (Å²) in [6, 6.07) is 9.26. The molecule has 1 aromatic carbocycles. The minimum Gasteiger partial charge on any atom is -0.428 e. The van der Waals surface area contributed by atoms with Gasteiger partial charge >= 0.3 is 11.6 Å². The third-order valence-electron chi connectivity index (χ3n) is 5.22. The van der Waals surface area contributed by atoms with Gasteiger partial charge in [-0.2, -0.15) is 0 Å². The number of hydrogen-bond acceptors (Lipinski definition) is 5. The molecule has 130 valence electrons. The van der Waals surface area contributed by atoms with Gasteiger partial charge < -0.3 is 13.7 Å². The first kappa shape index (κ1) is 15.1. The Morgan fingerprint density at radius 2 is 2.00 bits per heavy atom. The molecule has 4 heterocycles. The van der Waals surface area contributed by atoms with Gasteiger partial charge in [-0.1, -0.05) is 18.2 Å². The zero-order valence-electron chi connectivity index (χ0n) is 14.1. The van der Waals surface area contributed by atoms with Crippen LogP contribution in [0, 0.1) is 6.92 Å². The molecule has 26 heavy (non-hydrogen) atoms. The van der Waals surface area contributed by atoms with Gasteiger partial charge in [0.05, 0.1) is 17.5 Å². The molecule has 0 N–H and O–H groups in total. The molecule has 0 saturated heterocycles. The van der Waals surface area contributed by atoms with Crippen molar-refractivity contribution in [2.24, 2.45) is 0 Å². The highest BCUT2D eigenvalue weighted by molar-refractivity contribution is 5.85. The van der Waals surface area contributed by atoms with Gasteiger partial charge in [-0.25, -0.2) is 4.79 Å². The van der Waals surface area contributed by atoms with Crippen LogP contribution in [0.3, 0.4) is 0 Å². The summed E-state index contributed by atoms with van der Waals surface area (Å²) in [4.78, 5) is 37.7. The molecule has 6 heteroatoms. The monoisotopic (exact) mass is 349 g/mol. The third kappa shape index (κ3) is 2.02. The number of benzene rings is 1. The van der Waals surface area contributed by atoms with Crippen LogP contribution >= 0.6 is 0 Å². The number of carbonyl (C=O) groups excluding carboxylic acids is 1. The molecule has 2 aliphatic rings. The van der Waals surface area contributed by atoms with Crippen LogP contribution in [0.1, 0.15) is 34.8 Å². The van der Waals surface area contributed by atoms with Crippen molar-refractivity contribution >= 4 is 16.9 Å². The minimum absolute atomic E-state index is 0.0543. The molecule has 0 bridgehead atoms. The number of aryl methyl sites for hydroxylation is 3. The lowest BCUT2D eigenvalue weighted by molar-refractivity contribution is -0.135. The number of aromatic nitrogens is 1. The van der Waals surface area contributed by atoms with Crippen molar-refractivity contribution in [1.29, 1.82) is 0 Å². The number of pyridine rings is 1. The van der Waals surface area contributed by atoms with Crippen LogP contribution in [0.15, 0.2) is 44.3 Å². The van der Waals surface area contributed by atoms with Crippen molar-refractivity contribution in [2.45, 2.75) is 32.2 Å². The molecule has 1 unspecified atom stereocenters. The van der Waals surface area contributed by atoms with Crippen molar-refractivity contribution in [3.8, 4) is 5.75 Å². The first-order chi connectivity index (χ1) is 12.5. The summed E-state index contributed by atoms with van der Waals surface area (Å²) in [6.45, 7) is 2.22. The van der Waals surface area contributed by atoms with Crippen LogP contribution in [0.5, 0.6) is 5.75 Å². The van der Waals surface area contributed by atoms with Gasteiger partial charge in [0.15, 0.2) is 0 Å². The number of carbonyl (C=O) groups is 1. The van der Waals surface area contributed by atoms with Gasteiger partial charge in [-0.15, -0.1) is 0 Å². The van der Waals surface area contributed by atoms with Crippen LogP contribution in [0.25, 0.3) is 10.9 Å². The average Bonchev–Trinajstić information content (AvgIpc) is 3.02. The van der Waals surface area contributed by atoms with Gasteiger partial charge in [-0.3, -0.25) is 9.59 Å². The molecule has 0 aliphatic carbocycles. The van der Waals surface area contributed by atoms with Crippen molar-refractivity contribution in [3.63, 3.8) is 0 Å². The number of hydrogen-bond donors (Lipinski definition) is 0. The molecule has 6 nitrogen and oxygen atoms in total. The molecule has 1 atom stereocenters. The second kappa shape index (κ2) is 5.17. The molecule has 2 aliphatic heterocycles. The summed E-state index contributed by atoms with van der Waals surface area (Å²) < 4.78 is 12.2. The van der Waals surface area contributed by atoms with Gasteiger partial charge in [0.1, 0.15) is 11.5 Å². The van der Waals surface area contributed by atoms with E-state index >= 15 is 0 Å². The van der Waals surface area contributed by atoms with E-state index in [1.165, 1.54) is 6.07 Å². The Morgan fingerprint density at radius 1 is 1.15 bits per heavy atom. The summed E-state index contributed by atoms with van der Waals surface area (Å²) >= 11 is 0. The van der Waals surface area contributed by atoms with Gasteiger partial charge in [0.2, 0.25) is 0 Å². The van der Waals surface area contributed by atoms with Gasteiger partial charge in [0.25, 0.3) is 5.56 Å². The van der Waals surface area contributed by atoms with E-state index in [0.29, 0.717) is 17.9 Å². The fourth-order valence-electron chi connectivity index (χ4n) is 4.13. The van der Waals surface area contributed by atoms with Crippen LogP contribution in [0.2, 0.25) is 0 Å². The van der Waals surface area contributed by atoms with Gasteiger partial charge in [0, 0.05) is 24.1 Å². The fourth-order valence-corrected chi connectivity index (χ4v) is 4.13. The lowest BCUT2D eigenvalue weighted by atomic mass is 9.87. The molecule has 0 saturated carbocycles. The molecule has 0 amide bonds. The maximum absolute atomic E-state index is 13.1. The molecule has 0 radical (unpaired) electrons.